The fourth-order valence-electron chi connectivity index (χ4n) is 1.48. The molecule has 1 rings (SSSR count). The Morgan fingerprint density at radius 1 is 1.47 bits per heavy atom. The van der Waals surface area contributed by atoms with Crippen LogP contribution in [0.5, 0.6) is 0 Å². The molecule has 2 unspecified atom stereocenters. The molecule has 1 amide bonds. The molecular formula is C13H17ClN2O3. The molecule has 0 spiro atoms. The van der Waals surface area contributed by atoms with Crippen molar-refractivity contribution in [2.24, 2.45) is 11.7 Å². The van der Waals surface area contributed by atoms with Crippen molar-refractivity contribution in [2.75, 3.05) is 5.32 Å². The second kappa shape index (κ2) is 6.54. The van der Waals surface area contributed by atoms with Crippen molar-refractivity contribution in [1.82, 2.24) is 0 Å². The molecule has 0 fully saturated rings. The van der Waals surface area contributed by atoms with Gasteiger partial charge in [-0.15, -0.1) is 0 Å². The van der Waals surface area contributed by atoms with Crippen LogP contribution in [0.15, 0.2) is 18.2 Å². The molecule has 0 heterocycles. The summed E-state index contributed by atoms with van der Waals surface area (Å²) in [5.41, 5.74) is 6.10. The Balaban J connectivity index is 2.90. The smallest absolute Gasteiger partial charge is 0.335 e. The fourth-order valence-corrected chi connectivity index (χ4v) is 1.65. The maximum Gasteiger partial charge on any atom is 0.335 e. The molecule has 0 aliphatic carbocycles. The number of aromatic carboxylic acids is 1. The molecule has 0 saturated carbocycles. The van der Waals surface area contributed by atoms with E-state index in [1.54, 1.807) is 0 Å². The van der Waals surface area contributed by atoms with Crippen molar-refractivity contribution < 1.29 is 14.7 Å². The minimum atomic E-state index is -1.08. The molecule has 19 heavy (non-hydrogen) atoms. The summed E-state index contributed by atoms with van der Waals surface area (Å²) < 4.78 is 0. The second-order valence-corrected chi connectivity index (χ2v) is 4.81. The first kappa shape index (κ1) is 15.5. The molecule has 0 aliphatic heterocycles. The molecule has 5 nitrogen and oxygen atoms in total. The number of hydrogen-bond acceptors (Lipinski definition) is 3. The molecule has 0 radical (unpaired) electrons. The van der Waals surface area contributed by atoms with Crippen molar-refractivity contribution in [3.05, 3.63) is 28.8 Å². The summed E-state index contributed by atoms with van der Waals surface area (Å²) in [6.45, 7) is 3.81. The monoisotopic (exact) mass is 284 g/mol. The van der Waals surface area contributed by atoms with Crippen LogP contribution in [0.2, 0.25) is 5.02 Å². The van der Waals surface area contributed by atoms with E-state index in [0.717, 1.165) is 6.42 Å². The van der Waals surface area contributed by atoms with Crippen LogP contribution in [-0.4, -0.2) is 23.0 Å². The number of rotatable bonds is 5. The Kier molecular flexibility index (Phi) is 5.32. The standard InChI is InChI=1S/C13H17ClN2O3/c1-3-7(2)11(15)12(17)16-10-6-8(13(18)19)4-5-9(10)14/h4-7,11H,3,15H2,1-2H3,(H,16,17)(H,18,19). The zero-order valence-corrected chi connectivity index (χ0v) is 11.6. The van der Waals surface area contributed by atoms with Gasteiger partial charge in [0.25, 0.3) is 0 Å². The zero-order chi connectivity index (χ0) is 14.6. The van der Waals surface area contributed by atoms with Crippen LogP contribution in [0.4, 0.5) is 5.69 Å². The third kappa shape index (κ3) is 3.94. The predicted molar refractivity (Wildman–Crippen MR) is 74.5 cm³/mol. The molecule has 6 heteroatoms. The molecule has 1 aromatic carbocycles. The van der Waals surface area contributed by atoms with E-state index in [4.69, 9.17) is 22.4 Å². The van der Waals surface area contributed by atoms with Gasteiger partial charge in [-0.1, -0.05) is 31.9 Å². The van der Waals surface area contributed by atoms with Gasteiger partial charge in [-0.05, 0) is 24.1 Å². The van der Waals surface area contributed by atoms with Crippen molar-refractivity contribution in [3.63, 3.8) is 0 Å². The van der Waals surface area contributed by atoms with Crippen molar-refractivity contribution in [2.45, 2.75) is 26.3 Å². The molecule has 1 aromatic rings. The first-order chi connectivity index (χ1) is 8.86. The number of benzene rings is 1. The summed E-state index contributed by atoms with van der Waals surface area (Å²) in [6.07, 6.45) is 0.775. The van der Waals surface area contributed by atoms with E-state index in [9.17, 15) is 9.59 Å². The third-order valence-corrected chi connectivity index (χ3v) is 3.36. The van der Waals surface area contributed by atoms with Gasteiger partial charge in [0.05, 0.1) is 22.3 Å². The normalized spacial score (nSPS) is 13.7. The zero-order valence-electron chi connectivity index (χ0n) is 10.8. The minimum absolute atomic E-state index is 0.0291. The minimum Gasteiger partial charge on any atom is -0.478 e. The Morgan fingerprint density at radius 3 is 2.63 bits per heavy atom. The van der Waals surface area contributed by atoms with Crippen LogP contribution >= 0.6 is 11.6 Å². The van der Waals surface area contributed by atoms with Crippen molar-refractivity contribution in [3.8, 4) is 0 Å². The van der Waals surface area contributed by atoms with E-state index in [1.807, 2.05) is 13.8 Å². The number of carbonyl (C=O) groups excluding carboxylic acids is 1. The Labute approximate surface area is 116 Å². The molecule has 2 atom stereocenters. The largest absolute Gasteiger partial charge is 0.478 e. The molecular weight excluding hydrogens is 268 g/mol. The summed E-state index contributed by atoms with van der Waals surface area (Å²) >= 11 is 5.91. The lowest BCUT2D eigenvalue weighted by molar-refractivity contribution is -0.118. The number of nitrogens with two attached hydrogens (primary N) is 1. The lowest BCUT2D eigenvalue weighted by atomic mass is 9.99. The summed E-state index contributed by atoms with van der Waals surface area (Å²) in [5.74, 6) is -1.43. The molecule has 0 saturated heterocycles. The Hall–Kier alpha value is -1.59. The van der Waals surface area contributed by atoms with Gasteiger partial charge in [0.2, 0.25) is 5.91 Å². The van der Waals surface area contributed by atoms with Gasteiger partial charge in [0, 0.05) is 0 Å². The number of hydrogen-bond donors (Lipinski definition) is 3. The van der Waals surface area contributed by atoms with E-state index in [2.05, 4.69) is 5.32 Å². The number of carboxylic acids is 1. The van der Waals surface area contributed by atoms with E-state index >= 15 is 0 Å². The van der Waals surface area contributed by atoms with E-state index < -0.39 is 12.0 Å². The highest BCUT2D eigenvalue weighted by molar-refractivity contribution is 6.33. The SMILES string of the molecule is CCC(C)C(N)C(=O)Nc1cc(C(=O)O)ccc1Cl. The summed E-state index contributed by atoms with van der Waals surface area (Å²) in [6, 6.07) is 3.45. The lowest BCUT2D eigenvalue weighted by Gasteiger charge is -2.18. The molecule has 0 aromatic heterocycles. The molecule has 4 N–H and O–H groups in total. The van der Waals surface area contributed by atoms with Crippen LogP contribution < -0.4 is 11.1 Å². The second-order valence-electron chi connectivity index (χ2n) is 4.40. The highest BCUT2D eigenvalue weighted by Gasteiger charge is 2.20. The first-order valence-electron chi connectivity index (χ1n) is 5.96. The highest BCUT2D eigenvalue weighted by atomic mass is 35.5. The van der Waals surface area contributed by atoms with Gasteiger partial charge >= 0.3 is 5.97 Å². The summed E-state index contributed by atoms with van der Waals surface area (Å²) in [5, 5.41) is 11.7. The van der Waals surface area contributed by atoms with Gasteiger partial charge in [0.15, 0.2) is 0 Å². The van der Waals surface area contributed by atoms with Gasteiger partial charge in [0.1, 0.15) is 0 Å². The van der Waals surface area contributed by atoms with E-state index in [1.165, 1.54) is 18.2 Å². The van der Waals surface area contributed by atoms with Gasteiger partial charge < -0.3 is 16.2 Å². The number of amides is 1. The van der Waals surface area contributed by atoms with Crippen LogP contribution in [0.1, 0.15) is 30.6 Å². The lowest BCUT2D eigenvalue weighted by Crippen LogP contribution is -2.40. The van der Waals surface area contributed by atoms with Gasteiger partial charge in [-0.2, -0.15) is 0 Å². The predicted octanol–water partition coefficient (Wildman–Crippen LogP) is 2.35. The van der Waals surface area contributed by atoms with Crippen LogP contribution in [0, 0.1) is 5.92 Å². The average molecular weight is 285 g/mol. The maximum atomic E-state index is 11.9. The Bertz CT molecular complexity index is 491. The van der Waals surface area contributed by atoms with Crippen LogP contribution in [0.3, 0.4) is 0 Å². The molecule has 0 aliphatic rings. The summed E-state index contributed by atoms with van der Waals surface area (Å²) in [7, 11) is 0. The van der Waals surface area contributed by atoms with Gasteiger partial charge in [-0.3, -0.25) is 4.79 Å². The van der Waals surface area contributed by atoms with E-state index in [-0.39, 0.29) is 28.1 Å². The summed E-state index contributed by atoms with van der Waals surface area (Å²) in [4.78, 5) is 22.8. The Morgan fingerprint density at radius 2 is 2.11 bits per heavy atom. The van der Waals surface area contributed by atoms with Crippen LogP contribution in [0.25, 0.3) is 0 Å². The number of anilines is 1. The maximum absolute atomic E-state index is 11.9. The average Bonchev–Trinajstić information content (AvgIpc) is 2.38. The number of carbonyl (C=O) groups is 2. The number of carboxylic acid groups (broad SMARTS) is 1. The first-order valence-corrected chi connectivity index (χ1v) is 6.33. The highest BCUT2D eigenvalue weighted by Crippen LogP contribution is 2.23. The topological polar surface area (TPSA) is 92.4 Å². The van der Waals surface area contributed by atoms with Crippen molar-refractivity contribution >= 4 is 29.2 Å². The number of nitrogens with one attached hydrogen (secondary N) is 1. The van der Waals surface area contributed by atoms with E-state index in [0.29, 0.717) is 0 Å². The molecule has 0 bridgehead atoms. The fraction of sp³-hybridized carbons (Fsp3) is 0.385. The quantitative estimate of drug-likeness (QED) is 0.774. The number of halogens is 1. The molecule has 104 valence electrons. The van der Waals surface area contributed by atoms with Crippen LogP contribution in [-0.2, 0) is 4.79 Å². The van der Waals surface area contributed by atoms with Gasteiger partial charge in [-0.25, -0.2) is 4.79 Å². The van der Waals surface area contributed by atoms with Crippen molar-refractivity contribution in [1.29, 1.82) is 0 Å². The third-order valence-electron chi connectivity index (χ3n) is 3.03.